The van der Waals surface area contributed by atoms with Crippen molar-refractivity contribution in [3.05, 3.63) is 16.1 Å². The molecule has 0 aliphatic carbocycles. The molecule has 1 aromatic heterocycles. The van der Waals surface area contributed by atoms with E-state index in [1.54, 1.807) is 0 Å². The fourth-order valence-corrected chi connectivity index (χ4v) is 3.75. The number of hydrogen-bond acceptors (Lipinski definition) is 4. The molecule has 0 aliphatic heterocycles. The molecule has 78 valence electrons. The first-order chi connectivity index (χ1) is 6.58. The van der Waals surface area contributed by atoms with Crippen LogP contribution in [-0.4, -0.2) is 30.0 Å². The molecular weight excluding hydrogens is 339 g/mol. The average Bonchev–Trinajstić information content (AvgIpc) is 2.15. The van der Waals surface area contributed by atoms with Crippen LogP contribution in [0.4, 0.5) is 0 Å². The Labute approximate surface area is 101 Å². The van der Waals surface area contributed by atoms with E-state index in [1.807, 2.05) is 22.6 Å². The fraction of sp³-hybridized carbons (Fsp3) is 0.429. The van der Waals surface area contributed by atoms with Crippen LogP contribution < -0.4 is 0 Å². The molecule has 1 rings (SSSR count). The first-order valence-electron chi connectivity index (χ1n) is 3.82. The van der Waals surface area contributed by atoms with Crippen molar-refractivity contribution in [2.45, 2.75) is 11.4 Å². The van der Waals surface area contributed by atoms with Crippen molar-refractivity contribution in [3.63, 3.8) is 0 Å². The van der Waals surface area contributed by atoms with Gasteiger partial charge in [0.15, 0.2) is 14.9 Å². The molecule has 0 amide bonds. The van der Waals surface area contributed by atoms with Gasteiger partial charge in [0.2, 0.25) is 0 Å². The van der Waals surface area contributed by atoms with Gasteiger partial charge in [-0.3, -0.25) is 0 Å². The SMILES string of the molecule is O=S(=O)(CCCCl)c1ncncc1I. The van der Waals surface area contributed by atoms with E-state index in [1.165, 1.54) is 12.5 Å². The van der Waals surface area contributed by atoms with E-state index in [0.717, 1.165) is 0 Å². The summed E-state index contributed by atoms with van der Waals surface area (Å²) in [5, 5.41) is 0.0956. The van der Waals surface area contributed by atoms with Gasteiger partial charge in [0.1, 0.15) is 6.33 Å². The lowest BCUT2D eigenvalue weighted by molar-refractivity contribution is 0.589. The highest BCUT2D eigenvalue weighted by atomic mass is 127. The molecule has 0 N–H and O–H groups in total. The molecule has 4 nitrogen and oxygen atoms in total. The zero-order valence-corrected chi connectivity index (χ0v) is 10.9. The summed E-state index contributed by atoms with van der Waals surface area (Å²) in [5.74, 6) is 0.365. The Hall–Kier alpha value is 0.0500. The summed E-state index contributed by atoms with van der Waals surface area (Å²) in [7, 11) is -3.30. The largest absolute Gasteiger partial charge is 0.244 e. The summed E-state index contributed by atoms with van der Waals surface area (Å²) in [5.41, 5.74) is 0. The first kappa shape index (κ1) is 12.1. The standard InChI is InChI=1S/C7H8ClIN2O2S/c8-2-1-3-14(12,13)7-6(9)4-10-5-11-7/h4-5H,1-3H2. The molecule has 0 aliphatic rings. The predicted molar refractivity (Wildman–Crippen MR) is 62.1 cm³/mol. The monoisotopic (exact) mass is 346 g/mol. The van der Waals surface area contributed by atoms with Crippen LogP contribution in [-0.2, 0) is 9.84 Å². The Balaban J connectivity index is 2.99. The number of rotatable bonds is 4. The average molecular weight is 347 g/mol. The minimum atomic E-state index is -3.30. The molecule has 0 bridgehead atoms. The van der Waals surface area contributed by atoms with E-state index in [9.17, 15) is 8.42 Å². The van der Waals surface area contributed by atoms with Crippen LogP contribution >= 0.6 is 34.2 Å². The Bertz CT molecular complexity index is 410. The van der Waals surface area contributed by atoms with Crippen molar-refractivity contribution in [1.82, 2.24) is 9.97 Å². The lowest BCUT2D eigenvalue weighted by atomic mass is 10.6. The van der Waals surface area contributed by atoms with Crippen molar-refractivity contribution >= 4 is 44.0 Å². The van der Waals surface area contributed by atoms with E-state index in [0.29, 0.717) is 15.9 Å². The minimum Gasteiger partial charge on any atom is -0.244 e. The van der Waals surface area contributed by atoms with Crippen molar-refractivity contribution in [1.29, 1.82) is 0 Å². The molecule has 0 atom stereocenters. The second kappa shape index (κ2) is 5.22. The van der Waals surface area contributed by atoms with Crippen LogP contribution in [0.15, 0.2) is 17.6 Å². The van der Waals surface area contributed by atoms with Gasteiger partial charge in [-0.1, -0.05) is 0 Å². The van der Waals surface area contributed by atoms with Gasteiger partial charge in [-0.15, -0.1) is 11.6 Å². The highest BCUT2D eigenvalue weighted by Gasteiger charge is 2.18. The summed E-state index contributed by atoms with van der Waals surface area (Å²) >= 11 is 7.34. The van der Waals surface area contributed by atoms with Crippen molar-refractivity contribution in [3.8, 4) is 0 Å². The Morgan fingerprint density at radius 1 is 1.50 bits per heavy atom. The Kier molecular flexibility index (Phi) is 4.52. The van der Waals surface area contributed by atoms with Gasteiger partial charge in [0.05, 0.1) is 9.32 Å². The van der Waals surface area contributed by atoms with Gasteiger partial charge >= 0.3 is 0 Å². The molecule has 0 unspecified atom stereocenters. The van der Waals surface area contributed by atoms with Crippen LogP contribution in [0.25, 0.3) is 0 Å². The third kappa shape index (κ3) is 3.03. The number of aromatic nitrogens is 2. The highest BCUT2D eigenvalue weighted by Crippen LogP contribution is 2.15. The first-order valence-corrected chi connectivity index (χ1v) is 7.08. The third-order valence-corrected chi connectivity index (χ3v) is 4.64. The zero-order chi connectivity index (χ0) is 10.6. The molecule has 1 aromatic rings. The quantitative estimate of drug-likeness (QED) is 0.471. The van der Waals surface area contributed by atoms with Crippen molar-refractivity contribution in [2.75, 3.05) is 11.6 Å². The maximum atomic E-state index is 11.7. The molecule has 0 saturated heterocycles. The molecule has 0 aromatic carbocycles. The Morgan fingerprint density at radius 2 is 2.21 bits per heavy atom. The number of alkyl halides is 1. The molecule has 0 fully saturated rings. The van der Waals surface area contributed by atoms with E-state index < -0.39 is 9.84 Å². The lowest BCUT2D eigenvalue weighted by Gasteiger charge is -2.03. The fourth-order valence-electron chi connectivity index (χ4n) is 0.872. The number of nitrogens with zero attached hydrogens (tertiary/aromatic N) is 2. The summed E-state index contributed by atoms with van der Waals surface area (Å²) in [6.07, 6.45) is 3.14. The van der Waals surface area contributed by atoms with Gasteiger partial charge in [-0.05, 0) is 29.0 Å². The molecule has 0 saturated carbocycles. The highest BCUT2D eigenvalue weighted by molar-refractivity contribution is 14.1. The van der Waals surface area contributed by atoms with Crippen molar-refractivity contribution < 1.29 is 8.42 Å². The van der Waals surface area contributed by atoms with Gasteiger partial charge in [-0.2, -0.15) is 0 Å². The minimum absolute atomic E-state index is 0.0313. The maximum Gasteiger partial charge on any atom is 0.196 e. The van der Waals surface area contributed by atoms with Crippen LogP contribution in [0.1, 0.15) is 6.42 Å². The van der Waals surface area contributed by atoms with Crippen molar-refractivity contribution in [2.24, 2.45) is 0 Å². The van der Waals surface area contributed by atoms with E-state index in [4.69, 9.17) is 11.6 Å². The number of halogens is 2. The summed E-state index contributed by atoms with van der Waals surface area (Å²) in [6, 6.07) is 0. The van der Waals surface area contributed by atoms with Gasteiger partial charge in [0.25, 0.3) is 0 Å². The molecular formula is C7H8ClIN2O2S. The normalized spacial score (nSPS) is 11.6. The van der Waals surface area contributed by atoms with Crippen LogP contribution in [0.5, 0.6) is 0 Å². The topological polar surface area (TPSA) is 59.9 Å². The second-order valence-electron chi connectivity index (χ2n) is 2.54. The Morgan fingerprint density at radius 3 is 2.79 bits per heavy atom. The van der Waals surface area contributed by atoms with Gasteiger partial charge in [-0.25, -0.2) is 18.4 Å². The number of hydrogen-bond donors (Lipinski definition) is 0. The van der Waals surface area contributed by atoms with E-state index in [-0.39, 0.29) is 10.8 Å². The van der Waals surface area contributed by atoms with Crippen LogP contribution in [0, 0.1) is 3.57 Å². The zero-order valence-electron chi connectivity index (χ0n) is 7.15. The summed E-state index contributed by atoms with van der Waals surface area (Å²) in [6.45, 7) is 0. The van der Waals surface area contributed by atoms with E-state index >= 15 is 0 Å². The number of sulfone groups is 1. The molecule has 0 radical (unpaired) electrons. The second-order valence-corrected chi connectivity index (χ2v) is 6.10. The molecule has 14 heavy (non-hydrogen) atoms. The van der Waals surface area contributed by atoms with Crippen LogP contribution in [0.3, 0.4) is 0 Å². The lowest BCUT2D eigenvalue weighted by Crippen LogP contribution is -2.11. The summed E-state index contributed by atoms with van der Waals surface area (Å²) in [4.78, 5) is 7.48. The van der Waals surface area contributed by atoms with Crippen LogP contribution in [0.2, 0.25) is 0 Å². The molecule has 7 heteroatoms. The van der Waals surface area contributed by atoms with E-state index in [2.05, 4.69) is 9.97 Å². The van der Waals surface area contributed by atoms with Gasteiger partial charge < -0.3 is 0 Å². The third-order valence-electron chi connectivity index (χ3n) is 1.48. The van der Waals surface area contributed by atoms with Gasteiger partial charge in [0, 0.05) is 12.1 Å². The smallest absolute Gasteiger partial charge is 0.196 e. The molecule has 0 spiro atoms. The predicted octanol–water partition coefficient (Wildman–Crippen LogP) is 1.48. The maximum absolute atomic E-state index is 11.7. The molecule has 1 heterocycles. The summed E-state index contributed by atoms with van der Waals surface area (Å²) < 4.78 is 23.9.